The third kappa shape index (κ3) is 3.80. The summed E-state index contributed by atoms with van der Waals surface area (Å²) in [6.07, 6.45) is 0.200. The highest BCUT2D eigenvalue weighted by atomic mass is 19.4. The zero-order chi connectivity index (χ0) is 25.2. The molecule has 1 aliphatic heterocycles. The molecule has 3 aromatic rings. The fourth-order valence-corrected chi connectivity index (χ4v) is 4.53. The van der Waals surface area contributed by atoms with Gasteiger partial charge in [0, 0.05) is 37.5 Å². The fourth-order valence-electron chi connectivity index (χ4n) is 4.53. The van der Waals surface area contributed by atoms with E-state index in [-0.39, 0.29) is 43.5 Å². The Hall–Kier alpha value is -3.84. The SMILES string of the molecule is O=C(N1CCN(c2cc(=NC3CC3)n3nc/c(=C/c4[nH]c(=O)[nH]c4O)c3n2)CC1)C1(C(F)(F)F)CC1. The molecule has 0 unspecified atom stereocenters. The molecule has 14 heteroatoms. The Kier molecular flexibility index (Phi) is 4.92. The van der Waals surface area contributed by atoms with Crippen LogP contribution in [0.2, 0.25) is 0 Å². The van der Waals surface area contributed by atoms with E-state index >= 15 is 0 Å². The number of rotatable bonds is 4. The van der Waals surface area contributed by atoms with Gasteiger partial charge in [0.1, 0.15) is 16.9 Å². The quantitative estimate of drug-likeness (QED) is 0.460. The van der Waals surface area contributed by atoms with Crippen LogP contribution < -0.4 is 21.3 Å². The molecular formula is C22H23F3N8O3. The molecular weight excluding hydrogens is 481 g/mol. The lowest BCUT2D eigenvalue weighted by Gasteiger charge is -2.37. The Bertz CT molecular complexity index is 1520. The number of aromatic hydroxyl groups is 1. The maximum atomic E-state index is 13.4. The van der Waals surface area contributed by atoms with Crippen molar-refractivity contribution in [1.29, 1.82) is 0 Å². The van der Waals surface area contributed by atoms with E-state index in [2.05, 4.69) is 15.1 Å². The molecule has 0 bridgehead atoms. The van der Waals surface area contributed by atoms with Crippen molar-refractivity contribution in [2.75, 3.05) is 31.1 Å². The second-order valence-corrected chi connectivity index (χ2v) is 9.51. The number of H-pyrrole nitrogens is 2. The van der Waals surface area contributed by atoms with Gasteiger partial charge in [-0.2, -0.15) is 22.8 Å². The van der Waals surface area contributed by atoms with Crippen LogP contribution in [0.25, 0.3) is 11.7 Å². The number of hydrogen-bond acceptors (Lipinski definition) is 7. The summed E-state index contributed by atoms with van der Waals surface area (Å²) in [5.41, 5.74) is -1.57. The van der Waals surface area contributed by atoms with Gasteiger partial charge in [-0.25, -0.2) is 9.78 Å². The Morgan fingerprint density at radius 1 is 1.19 bits per heavy atom. The highest BCUT2D eigenvalue weighted by molar-refractivity contribution is 5.86. The van der Waals surface area contributed by atoms with E-state index < -0.39 is 23.2 Å². The lowest BCUT2D eigenvalue weighted by Crippen LogP contribution is -2.53. The van der Waals surface area contributed by atoms with E-state index in [1.807, 2.05) is 4.90 Å². The standard InChI is InChI=1S/C22H23F3N8O3/c23-22(24,25)21(3-4-21)19(35)32-7-5-31(6-8-32)15-10-16(27-13-1-2-13)33-17(29-15)12(11-26-33)9-14-18(34)30-20(36)28-14/h9-11,13,34H,1-8H2,(H2,28,30,36)/b12-9-,27-16?. The second-order valence-electron chi connectivity index (χ2n) is 9.51. The average molecular weight is 504 g/mol. The van der Waals surface area contributed by atoms with Crippen molar-refractivity contribution in [3.05, 3.63) is 39.1 Å². The number of aromatic amines is 2. The van der Waals surface area contributed by atoms with Crippen LogP contribution in [0.5, 0.6) is 5.88 Å². The number of anilines is 1. The summed E-state index contributed by atoms with van der Waals surface area (Å²) in [6.45, 7) is 0.973. The van der Waals surface area contributed by atoms with Crippen LogP contribution in [0, 0.1) is 5.41 Å². The smallest absolute Gasteiger partial charge is 0.403 e. The van der Waals surface area contributed by atoms with E-state index in [0.717, 1.165) is 12.8 Å². The Labute approximate surface area is 201 Å². The van der Waals surface area contributed by atoms with Crippen LogP contribution in [-0.4, -0.2) is 78.9 Å². The average Bonchev–Trinajstić information content (AvgIpc) is 3.75. The van der Waals surface area contributed by atoms with E-state index in [4.69, 9.17) is 9.98 Å². The number of amides is 1. The van der Waals surface area contributed by atoms with Gasteiger partial charge in [0.25, 0.3) is 0 Å². The molecule has 1 saturated heterocycles. The van der Waals surface area contributed by atoms with Gasteiger partial charge >= 0.3 is 11.9 Å². The predicted octanol–water partition coefficient (Wildman–Crippen LogP) is 0.0532. The largest absolute Gasteiger partial charge is 0.493 e. The van der Waals surface area contributed by atoms with Crippen LogP contribution in [0.15, 0.2) is 22.1 Å². The molecule has 2 saturated carbocycles. The van der Waals surface area contributed by atoms with Gasteiger partial charge in [0.05, 0.1) is 12.2 Å². The highest BCUT2D eigenvalue weighted by Crippen LogP contribution is 2.58. The van der Waals surface area contributed by atoms with Gasteiger partial charge in [0.2, 0.25) is 11.8 Å². The van der Waals surface area contributed by atoms with Crippen LogP contribution in [0.3, 0.4) is 0 Å². The van der Waals surface area contributed by atoms with Crippen molar-refractivity contribution in [1.82, 2.24) is 29.5 Å². The normalized spacial score (nSPS) is 21.0. The molecule has 4 heterocycles. The predicted molar refractivity (Wildman–Crippen MR) is 120 cm³/mol. The molecule has 11 nitrogen and oxygen atoms in total. The van der Waals surface area contributed by atoms with Crippen molar-refractivity contribution in [3.63, 3.8) is 0 Å². The maximum Gasteiger partial charge on any atom is 0.403 e. The molecule has 0 atom stereocenters. The molecule has 0 spiro atoms. The molecule has 3 fully saturated rings. The number of aromatic nitrogens is 5. The van der Waals surface area contributed by atoms with Crippen LogP contribution in [0.1, 0.15) is 31.4 Å². The van der Waals surface area contributed by atoms with Crippen LogP contribution in [-0.2, 0) is 4.79 Å². The van der Waals surface area contributed by atoms with Crippen molar-refractivity contribution in [2.45, 2.75) is 37.9 Å². The van der Waals surface area contributed by atoms with Crippen molar-refractivity contribution in [3.8, 4) is 5.88 Å². The number of alkyl halides is 3. The summed E-state index contributed by atoms with van der Waals surface area (Å²) in [5, 5.41) is 14.8. The third-order valence-electron chi connectivity index (χ3n) is 6.96. The molecule has 190 valence electrons. The molecule has 6 rings (SSSR count). The monoisotopic (exact) mass is 504 g/mol. The number of fused-ring (bicyclic) bond motifs is 1. The Balaban J connectivity index is 1.32. The molecule has 36 heavy (non-hydrogen) atoms. The molecule has 3 aromatic heterocycles. The van der Waals surface area contributed by atoms with Crippen molar-refractivity contribution < 1.29 is 23.1 Å². The molecule has 0 aromatic carbocycles. The van der Waals surface area contributed by atoms with E-state index in [1.165, 1.54) is 11.0 Å². The molecule has 1 amide bonds. The Morgan fingerprint density at radius 2 is 1.92 bits per heavy atom. The molecule has 0 radical (unpaired) electrons. The van der Waals surface area contributed by atoms with Crippen molar-refractivity contribution in [2.24, 2.45) is 10.4 Å². The number of piperazine rings is 1. The van der Waals surface area contributed by atoms with Gasteiger partial charge < -0.3 is 19.9 Å². The van der Waals surface area contributed by atoms with Crippen molar-refractivity contribution >= 4 is 23.4 Å². The minimum absolute atomic E-state index is 0.151. The van der Waals surface area contributed by atoms with Gasteiger partial charge in [-0.1, -0.05) is 0 Å². The van der Waals surface area contributed by atoms with E-state index in [0.29, 0.717) is 35.3 Å². The minimum atomic E-state index is -4.53. The Morgan fingerprint density at radius 3 is 2.50 bits per heavy atom. The number of nitrogens with one attached hydrogen (secondary N) is 2. The number of carbonyl (C=O) groups is 1. The zero-order valence-corrected chi connectivity index (χ0v) is 19.0. The molecule has 2 aliphatic carbocycles. The van der Waals surface area contributed by atoms with Gasteiger partial charge in [0.15, 0.2) is 11.1 Å². The summed E-state index contributed by atoms with van der Waals surface area (Å²) in [7, 11) is 0. The summed E-state index contributed by atoms with van der Waals surface area (Å²) in [4.78, 5) is 41.5. The topological polar surface area (TPSA) is 135 Å². The first kappa shape index (κ1) is 22.6. The molecule has 3 aliphatic rings. The van der Waals surface area contributed by atoms with Gasteiger partial charge in [-0.3, -0.25) is 14.8 Å². The number of imidazole rings is 1. The minimum Gasteiger partial charge on any atom is -0.493 e. The fraction of sp³-hybridized carbons (Fsp3) is 0.500. The number of nitrogens with zero attached hydrogens (tertiary/aromatic N) is 6. The highest BCUT2D eigenvalue weighted by Gasteiger charge is 2.69. The lowest BCUT2D eigenvalue weighted by molar-refractivity contribution is -0.198. The first-order chi connectivity index (χ1) is 17.1. The number of carbonyl (C=O) groups excluding carboxylic acids is 1. The number of halogens is 3. The summed E-state index contributed by atoms with van der Waals surface area (Å²) >= 11 is 0. The first-order valence-corrected chi connectivity index (χ1v) is 11.7. The van der Waals surface area contributed by atoms with E-state index in [1.54, 1.807) is 16.8 Å². The van der Waals surface area contributed by atoms with Gasteiger partial charge in [-0.05, 0) is 31.8 Å². The van der Waals surface area contributed by atoms with Crippen LogP contribution in [0.4, 0.5) is 19.0 Å². The van der Waals surface area contributed by atoms with Gasteiger partial charge in [-0.15, -0.1) is 0 Å². The lowest BCUT2D eigenvalue weighted by atomic mass is 10.0. The second kappa shape index (κ2) is 7.83. The third-order valence-corrected chi connectivity index (χ3v) is 6.96. The number of hydrogen-bond donors (Lipinski definition) is 3. The summed E-state index contributed by atoms with van der Waals surface area (Å²) in [6, 6.07) is 1.98. The maximum absolute atomic E-state index is 13.4. The first-order valence-electron chi connectivity index (χ1n) is 11.7. The van der Waals surface area contributed by atoms with Crippen LogP contribution >= 0.6 is 0 Å². The van der Waals surface area contributed by atoms with E-state index in [9.17, 15) is 27.9 Å². The zero-order valence-electron chi connectivity index (χ0n) is 19.0. The summed E-state index contributed by atoms with van der Waals surface area (Å²) < 4.78 is 41.8. The molecule has 3 N–H and O–H groups in total. The summed E-state index contributed by atoms with van der Waals surface area (Å²) in [5.74, 6) is -0.588.